The highest BCUT2D eigenvalue weighted by atomic mass is 16.2. The Hall–Kier alpha value is -2.95. The molecule has 4 rings (SSSR count). The maximum absolute atomic E-state index is 13.5. The van der Waals surface area contributed by atoms with E-state index in [1.807, 2.05) is 73.3 Å². The van der Waals surface area contributed by atoms with Crippen molar-refractivity contribution in [1.29, 1.82) is 0 Å². The van der Waals surface area contributed by atoms with Gasteiger partial charge in [-0.3, -0.25) is 14.2 Å². The quantitative estimate of drug-likeness (QED) is 0.485. The van der Waals surface area contributed by atoms with Gasteiger partial charge in [-0.15, -0.1) is 0 Å². The molecule has 1 aliphatic carbocycles. The summed E-state index contributed by atoms with van der Waals surface area (Å²) in [6, 6.07) is 17.1. The third-order valence-electron chi connectivity index (χ3n) is 6.82. The van der Waals surface area contributed by atoms with Crippen molar-refractivity contribution in [2.24, 2.45) is 5.92 Å². The standard InChI is InChI=1S/C27H33N3O2/c1-3-29(25(31)18-17-21-11-7-8-12-21)20(2)26-28-24-16-10-9-15-23(24)27(32)30(26)19-22-13-5-4-6-14-22/h4-6,9-10,13-16,20-21H,3,7-8,11-12,17-19H2,1-2H3. The minimum Gasteiger partial charge on any atom is -0.333 e. The second-order valence-corrected chi connectivity index (χ2v) is 8.91. The number of nitrogens with zero attached hydrogens (tertiary/aromatic N) is 3. The fourth-order valence-corrected chi connectivity index (χ4v) is 5.00. The van der Waals surface area contributed by atoms with E-state index in [1.54, 1.807) is 4.57 Å². The summed E-state index contributed by atoms with van der Waals surface area (Å²) in [5, 5.41) is 0.606. The predicted molar refractivity (Wildman–Crippen MR) is 129 cm³/mol. The fraction of sp³-hybridized carbons (Fsp3) is 0.444. The number of carbonyl (C=O) groups is 1. The maximum Gasteiger partial charge on any atom is 0.261 e. The van der Waals surface area contributed by atoms with Crippen LogP contribution in [0.1, 0.15) is 69.8 Å². The lowest BCUT2D eigenvalue weighted by Gasteiger charge is -2.30. The van der Waals surface area contributed by atoms with Crippen LogP contribution in [0.4, 0.5) is 0 Å². The summed E-state index contributed by atoms with van der Waals surface area (Å²) < 4.78 is 1.75. The maximum atomic E-state index is 13.5. The number of para-hydroxylation sites is 1. The second-order valence-electron chi connectivity index (χ2n) is 8.91. The molecule has 1 heterocycles. The molecule has 5 heteroatoms. The van der Waals surface area contributed by atoms with Crippen LogP contribution in [0.15, 0.2) is 59.4 Å². The monoisotopic (exact) mass is 431 g/mol. The van der Waals surface area contributed by atoms with Crippen LogP contribution in [0.25, 0.3) is 10.9 Å². The summed E-state index contributed by atoms with van der Waals surface area (Å²) >= 11 is 0. The molecule has 168 valence electrons. The van der Waals surface area contributed by atoms with Crippen molar-refractivity contribution in [2.75, 3.05) is 6.54 Å². The molecule has 1 aliphatic rings. The first-order valence-electron chi connectivity index (χ1n) is 11.9. The van der Waals surface area contributed by atoms with Crippen LogP contribution in [0.3, 0.4) is 0 Å². The normalized spacial score (nSPS) is 15.2. The van der Waals surface area contributed by atoms with Gasteiger partial charge in [0.05, 0.1) is 23.5 Å². The molecule has 32 heavy (non-hydrogen) atoms. The van der Waals surface area contributed by atoms with Crippen LogP contribution < -0.4 is 5.56 Å². The lowest BCUT2D eigenvalue weighted by molar-refractivity contribution is -0.133. The van der Waals surface area contributed by atoms with E-state index in [4.69, 9.17) is 4.98 Å². The zero-order valence-corrected chi connectivity index (χ0v) is 19.2. The van der Waals surface area contributed by atoms with Gasteiger partial charge in [0, 0.05) is 13.0 Å². The highest BCUT2D eigenvalue weighted by Crippen LogP contribution is 2.29. The zero-order valence-electron chi connectivity index (χ0n) is 19.2. The van der Waals surface area contributed by atoms with Gasteiger partial charge in [-0.05, 0) is 43.9 Å². The average molecular weight is 432 g/mol. The van der Waals surface area contributed by atoms with Crippen LogP contribution in [-0.2, 0) is 11.3 Å². The first-order chi connectivity index (χ1) is 15.6. The first-order valence-corrected chi connectivity index (χ1v) is 11.9. The van der Waals surface area contributed by atoms with Gasteiger partial charge in [0.25, 0.3) is 5.56 Å². The third kappa shape index (κ3) is 4.77. The van der Waals surface area contributed by atoms with E-state index in [-0.39, 0.29) is 17.5 Å². The van der Waals surface area contributed by atoms with E-state index in [1.165, 1.54) is 25.7 Å². The molecule has 0 bridgehead atoms. The molecule has 1 atom stereocenters. The van der Waals surface area contributed by atoms with E-state index in [0.29, 0.717) is 42.2 Å². The van der Waals surface area contributed by atoms with Gasteiger partial charge in [-0.2, -0.15) is 0 Å². The van der Waals surface area contributed by atoms with Crippen molar-refractivity contribution >= 4 is 16.8 Å². The van der Waals surface area contributed by atoms with Crippen LogP contribution in [0, 0.1) is 5.92 Å². The Morgan fingerprint density at radius 1 is 1.09 bits per heavy atom. The van der Waals surface area contributed by atoms with Crippen molar-refractivity contribution < 1.29 is 4.79 Å². The van der Waals surface area contributed by atoms with Crippen LogP contribution in [0.2, 0.25) is 0 Å². The molecule has 0 aliphatic heterocycles. The largest absolute Gasteiger partial charge is 0.333 e. The number of hydrogen-bond acceptors (Lipinski definition) is 3. The number of rotatable bonds is 8. The smallest absolute Gasteiger partial charge is 0.261 e. The van der Waals surface area contributed by atoms with Gasteiger partial charge in [0.2, 0.25) is 5.91 Å². The fourth-order valence-electron chi connectivity index (χ4n) is 5.00. The predicted octanol–water partition coefficient (Wildman–Crippen LogP) is 5.32. The average Bonchev–Trinajstić information content (AvgIpc) is 3.34. The number of fused-ring (bicyclic) bond motifs is 1. The topological polar surface area (TPSA) is 55.2 Å². The van der Waals surface area contributed by atoms with Gasteiger partial charge in [-0.1, -0.05) is 68.1 Å². The van der Waals surface area contributed by atoms with Gasteiger partial charge < -0.3 is 4.90 Å². The first kappa shape index (κ1) is 22.3. The summed E-state index contributed by atoms with van der Waals surface area (Å²) in [5.41, 5.74) is 1.66. The van der Waals surface area contributed by atoms with Crippen molar-refractivity contribution in [3.63, 3.8) is 0 Å². The molecular weight excluding hydrogens is 398 g/mol. The number of amides is 1. The molecule has 1 amide bonds. The van der Waals surface area contributed by atoms with E-state index in [0.717, 1.165) is 12.0 Å². The second kappa shape index (κ2) is 10.1. The molecule has 0 saturated heterocycles. The Bertz CT molecular complexity index is 1120. The third-order valence-corrected chi connectivity index (χ3v) is 6.82. The summed E-state index contributed by atoms with van der Waals surface area (Å²) in [7, 11) is 0. The SMILES string of the molecule is CCN(C(=O)CCC1CCCC1)C(C)c1nc2ccccc2c(=O)n1Cc1ccccc1. The van der Waals surface area contributed by atoms with Gasteiger partial charge in [0.1, 0.15) is 5.82 Å². The summed E-state index contributed by atoms with van der Waals surface area (Å²) in [6.07, 6.45) is 6.61. The lowest BCUT2D eigenvalue weighted by Crippen LogP contribution is -2.38. The van der Waals surface area contributed by atoms with Gasteiger partial charge in [0.15, 0.2) is 0 Å². The van der Waals surface area contributed by atoms with E-state index < -0.39 is 0 Å². The lowest BCUT2D eigenvalue weighted by atomic mass is 10.0. The highest BCUT2D eigenvalue weighted by Gasteiger charge is 2.26. The van der Waals surface area contributed by atoms with Crippen molar-refractivity contribution in [3.8, 4) is 0 Å². The number of benzene rings is 2. The molecule has 2 aromatic carbocycles. The van der Waals surface area contributed by atoms with E-state index >= 15 is 0 Å². The van der Waals surface area contributed by atoms with Crippen molar-refractivity contribution in [2.45, 2.75) is 65.0 Å². The summed E-state index contributed by atoms with van der Waals surface area (Å²) in [6.45, 7) is 5.03. The van der Waals surface area contributed by atoms with Crippen LogP contribution >= 0.6 is 0 Å². The molecule has 1 aromatic heterocycles. The minimum atomic E-state index is -0.280. The summed E-state index contributed by atoms with van der Waals surface area (Å²) in [5.74, 6) is 1.48. The number of aromatic nitrogens is 2. The minimum absolute atomic E-state index is 0.0595. The molecule has 0 spiro atoms. The molecule has 1 fully saturated rings. The van der Waals surface area contributed by atoms with Gasteiger partial charge >= 0.3 is 0 Å². The summed E-state index contributed by atoms with van der Waals surface area (Å²) in [4.78, 5) is 33.4. The van der Waals surface area contributed by atoms with Gasteiger partial charge in [-0.25, -0.2) is 4.98 Å². The van der Waals surface area contributed by atoms with E-state index in [2.05, 4.69) is 0 Å². The van der Waals surface area contributed by atoms with E-state index in [9.17, 15) is 9.59 Å². The molecule has 1 unspecified atom stereocenters. The van der Waals surface area contributed by atoms with Crippen LogP contribution in [0.5, 0.6) is 0 Å². The van der Waals surface area contributed by atoms with Crippen molar-refractivity contribution in [1.82, 2.24) is 14.5 Å². The Morgan fingerprint density at radius 2 is 1.78 bits per heavy atom. The number of hydrogen-bond donors (Lipinski definition) is 0. The Kier molecular flexibility index (Phi) is 7.03. The molecule has 0 N–H and O–H groups in total. The van der Waals surface area contributed by atoms with Crippen LogP contribution in [-0.4, -0.2) is 26.9 Å². The molecule has 5 nitrogen and oxygen atoms in total. The Morgan fingerprint density at radius 3 is 2.50 bits per heavy atom. The zero-order chi connectivity index (χ0) is 22.5. The Balaban J connectivity index is 1.67. The molecule has 3 aromatic rings. The molecule has 1 saturated carbocycles. The highest BCUT2D eigenvalue weighted by molar-refractivity contribution is 5.78. The molecular formula is C27H33N3O2. The molecule has 0 radical (unpaired) electrons. The van der Waals surface area contributed by atoms with Crippen molar-refractivity contribution in [3.05, 3.63) is 76.3 Å². The Labute approximate surface area is 190 Å². The number of carbonyl (C=O) groups excluding carboxylic acids is 1.